The first kappa shape index (κ1) is 9.16. The predicted octanol–water partition coefficient (Wildman–Crippen LogP) is 0.437. The van der Waals surface area contributed by atoms with E-state index in [-0.39, 0.29) is 4.75 Å². The Labute approximate surface area is 70.1 Å². The molecule has 1 fully saturated rings. The van der Waals surface area contributed by atoms with E-state index in [1.165, 1.54) is 0 Å². The molecule has 1 rings (SSSR count). The molecular formula is C7H15NO2S. The van der Waals surface area contributed by atoms with Crippen LogP contribution in [0.4, 0.5) is 0 Å². The number of nitrogens with one attached hydrogen (secondary N) is 1. The molecule has 1 heterocycles. The summed E-state index contributed by atoms with van der Waals surface area (Å²) in [5.41, 5.74) is 0. The molecule has 0 aliphatic carbocycles. The fraction of sp³-hybridized carbons (Fsp3) is 1.00. The average Bonchev–Trinajstić information content (AvgIpc) is 1.75. The molecule has 0 bridgehead atoms. The van der Waals surface area contributed by atoms with E-state index in [2.05, 4.69) is 4.72 Å². The van der Waals surface area contributed by atoms with E-state index in [0.29, 0.717) is 19.3 Å². The maximum atomic E-state index is 11.4. The number of rotatable bonds is 2. The van der Waals surface area contributed by atoms with Crippen molar-refractivity contribution in [1.82, 2.24) is 4.72 Å². The second-order valence-electron chi connectivity index (χ2n) is 3.73. The molecule has 66 valence electrons. The standard InChI is InChI=1S/C7H15NO2S/c1-7(2,3)11(9)8-6-4-10-5-6/h6,8H,4-5H2,1-3H3. The minimum Gasteiger partial charge on any atom is -0.378 e. The molecular weight excluding hydrogens is 162 g/mol. The second-order valence-corrected chi connectivity index (χ2v) is 5.73. The fourth-order valence-corrected chi connectivity index (χ4v) is 1.42. The third-order valence-electron chi connectivity index (χ3n) is 1.47. The predicted molar refractivity (Wildman–Crippen MR) is 45.6 cm³/mol. The van der Waals surface area contributed by atoms with Gasteiger partial charge in [-0.2, -0.15) is 0 Å². The first-order chi connectivity index (χ1) is 5.00. The van der Waals surface area contributed by atoms with Crippen molar-refractivity contribution >= 4 is 11.0 Å². The zero-order valence-corrected chi connectivity index (χ0v) is 8.03. The summed E-state index contributed by atoms with van der Waals surface area (Å²) in [7, 11) is -0.946. The van der Waals surface area contributed by atoms with Crippen molar-refractivity contribution in [3.8, 4) is 0 Å². The third-order valence-corrected chi connectivity index (χ3v) is 3.13. The van der Waals surface area contributed by atoms with E-state index in [4.69, 9.17) is 4.74 Å². The van der Waals surface area contributed by atoms with Gasteiger partial charge in [0.2, 0.25) is 0 Å². The van der Waals surface area contributed by atoms with E-state index in [0.717, 1.165) is 0 Å². The van der Waals surface area contributed by atoms with Crippen LogP contribution in [0.25, 0.3) is 0 Å². The van der Waals surface area contributed by atoms with Gasteiger partial charge in [0.15, 0.2) is 0 Å². The van der Waals surface area contributed by atoms with Gasteiger partial charge < -0.3 is 4.74 Å². The Hall–Kier alpha value is 0.0700. The topological polar surface area (TPSA) is 38.3 Å². The minimum absolute atomic E-state index is 0.171. The minimum atomic E-state index is -0.946. The maximum absolute atomic E-state index is 11.4. The van der Waals surface area contributed by atoms with Crippen molar-refractivity contribution in [3.05, 3.63) is 0 Å². The Bertz CT molecular complexity index is 160. The molecule has 11 heavy (non-hydrogen) atoms. The Morgan fingerprint density at radius 3 is 2.27 bits per heavy atom. The molecule has 0 spiro atoms. The highest BCUT2D eigenvalue weighted by molar-refractivity contribution is 7.84. The van der Waals surface area contributed by atoms with Gasteiger partial charge in [0.1, 0.15) is 0 Å². The summed E-state index contributed by atoms with van der Waals surface area (Å²) in [5.74, 6) is 0. The highest BCUT2D eigenvalue weighted by Gasteiger charge is 2.26. The summed E-state index contributed by atoms with van der Waals surface area (Å²) >= 11 is 0. The highest BCUT2D eigenvalue weighted by Crippen LogP contribution is 2.11. The SMILES string of the molecule is CC(C)(C)S(=O)NC1COC1. The Kier molecular flexibility index (Phi) is 2.67. The largest absolute Gasteiger partial charge is 0.378 e. The van der Waals surface area contributed by atoms with Gasteiger partial charge in [-0.25, -0.2) is 8.93 Å². The lowest BCUT2D eigenvalue weighted by Crippen LogP contribution is -2.50. The van der Waals surface area contributed by atoms with Crippen molar-refractivity contribution in [2.45, 2.75) is 31.6 Å². The first-order valence-corrected chi connectivity index (χ1v) is 4.91. The smallest absolute Gasteiger partial charge is 0.0974 e. The van der Waals surface area contributed by atoms with Crippen LogP contribution in [0.2, 0.25) is 0 Å². The van der Waals surface area contributed by atoms with E-state index >= 15 is 0 Å². The fourth-order valence-electron chi connectivity index (χ4n) is 0.632. The zero-order valence-electron chi connectivity index (χ0n) is 7.22. The highest BCUT2D eigenvalue weighted by atomic mass is 32.2. The maximum Gasteiger partial charge on any atom is 0.0974 e. The van der Waals surface area contributed by atoms with Gasteiger partial charge in [-0.1, -0.05) is 0 Å². The van der Waals surface area contributed by atoms with Crippen molar-refractivity contribution in [1.29, 1.82) is 0 Å². The molecule has 1 N–H and O–H groups in total. The van der Waals surface area contributed by atoms with Crippen molar-refractivity contribution < 1.29 is 8.95 Å². The van der Waals surface area contributed by atoms with Gasteiger partial charge in [-0.05, 0) is 20.8 Å². The molecule has 1 aliphatic heterocycles. The molecule has 3 nitrogen and oxygen atoms in total. The van der Waals surface area contributed by atoms with Crippen LogP contribution in [-0.4, -0.2) is 28.2 Å². The molecule has 4 heteroatoms. The molecule has 0 radical (unpaired) electrons. The van der Waals surface area contributed by atoms with Crippen molar-refractivity contribution in [2.24, 2.45) is 0 Å². The Balaban J connectivity index is 2.30. The molecule has 0 aromatic carbocycles. The molecule has 1 atom stereocenters. The Morgan fingerprint density at radius 2 is 2.00 bits per heavy atom. The lowest BCUT2D eigenvalue weighted by Gasteiger charge is -2.29. The lowest BCUT2D eigenvalue weighted by atomic mass is 10.3. The van der Waals surface area contributed by atoms with Crippen molar-refractivity contribution in [3.63, 3.8) is 0 Å². The first-order valence-electron chi connectivity index (χ1n) is 3.76. The van der Waals surface area contributed by atoms with E-state index in [1.807, 2.05) is 20.8 Å². The van der Waals surface area contributed by atoms with Crippen LogP contribution < -0.4 is 4.72 Å². The van der Waals surface area contributed by atoms with Gasteiger partial charge in [0, 0.05) is 0 Å². The number of hydrogen-bond donors (Lipinski definition) is 1. The molecule has 1 saturated heterocycles. The summed E-state index contributed by atoms with van der Waals surface area (Å²) in [6.07, 6.45) is 0. The van der Waals surface area contributed by atoms with E-state index < -0.39 is 11.0 Å². The van der Waals surface area contributed by atoms with Crippen LogP contribution in [0.3, 0.4) is 0 Å². The number of ether oxygens (including phenoxy) is 1. The van der Waals surface area contributed by atoms with E-state index in [9.17, 15) is 4.21 Å². The summed E-state index contributed by atoms with van der Waals surface area (Å²) in [6, 6.07) is 0.301. The quantitative estimate of drug-likeness (QED) is 0.664. The summed E-state index contributed by atoms with van der Waals surface area (Å²) in [6.45, 7) is 7.25. The average molecular weight is 177 g/mol. The Morgan fingerprint density at radius 1 is 1.45 bits per heavy atom. The van der Waals surface area contributed by atoms with Gasteiger partial charge in [-0.15, -0.1) is 0 Å². The summed E-state index contributed by atoms with van der Waals surface area (Å²) < 4.78 is 19.2. The molecule has 0 saturated carbocycles. The summed E-state index contributed by atoms with van der Waals surface area (Å²) in [4.78, 5) is 0. The van der Waals surface area contributed by atoms with Crippen LogP contribution in [-0.2, 0) is 15.7 Å². The van der Waals surface area contributed by atoms with Gasteiger partial charge in [0.05, 0.1) is 35.0 Å². The van der Waals surface area contributed by atoms with E-state index in [1.54, 1.807) is 0 Å². The molecule has 1 unspecified atom stereocenters. The summed E-state index contributed by atoms with van der Waals surface area (Å²) in [5, 5.41) is 0. The third kappa shape index (κ3) is 2.54. The normalized spacial score (nSPS) is 22.8. The van der Waals surface area contributed by atoms with Crippen molar-refractivity contribution in [2.75, 3.05) is 13.2 Å². The van der Waals surface area contributed by atoms with Crippen LogP contribution in [0.5, 0.6) is 0 Å². The number of hydrogen-bond acceptors (Lipinski definition) is 2. The second kappa shape index (κ2) is 3.21. The molecule has 1 aliphatic rings. The molecule has 0 amide bonds. The van der Waals surface area contributed by atoms with Gasteiger partial charge in [-0.3, -0.25) is 0 Å². The van der Waals surface area contributed by atoms with Crippen LogP contribution >= 0.6 is 0 Å². The van der Waals surface area contributed by atoms with Gasteiger partial charge >= 0.3 is 0 Å². The monoisotopic (exact) mass is 177 g/mol. The zero-order chi connectivity index (χ0) is 8.48. The lowest BCUT2D eigenvalue weighted by molar-refractivity contribution is 0.00523. The molecule has 0 aromatic heterocycles. The molecule has 0 aromatic rings. The van der Waals surface area contributed by atoms with Gasteiger partial charge in [0.25, 0.3) is 0 Å². The van der Waals surface area contributed by atoms with Crippen LogP contribution in [0.1, 0.15) is 20.8 Å². The van der Waals surface area contributed by atoms with Crippen LogP contribution in [0, 0.1) is 0 Å². The van der Waals surface area contributed by atoms with Crippen LogP contribution in [0.15, 0.2) is 0 Å².